The molecule has 1 amide bonds. The average Bonchev–Trinajstić information content (AvgIpc) is 2.98. The van der Waals surface area contributed by atoms with E-state index in [1.165, 1.54) is 88.5 Å². The van der Waals surface area contributed by atoms with Gasteiger partial charge >= 0.3 is 0 Å². The van der Waals surface area contributed by atoms with E-state index in [2.05, 4.69) is 35.3 Å². The summed E-state index contributed by atoms with van der Waals surface area (Å²) in [6.45, 7) is 5.90. The van der Waals surface area contributed by atoms with Crippen LogP contribution in [0.1, 0.15) is 94.1 Å². The zero-order valence-electron chi connectivity index (χ0n) is 17.0. The Labute approximate surface area is 164 Å². The minimum Gasteiger partial charge on any atom is -0.325 e. The Bertz CT molecular complexity index is 640. The number of carbonyl (C=O) groups is 1. The molecule has 1 unspecified atom stereocenters. The predicted octanol–water partition coefficient (Wildman–Crippen LogP) is 5.67. The number of hydrogen-bond donors (Lipinski definition) is 1. The molecule has 27 heavy (non-hydrogen) atoms. The van der Waals surface area contributed by atoms with Crippen LogP contribution in [0.4, 0.5) is 5.69 Å². The van der Waals surface area contributed by atoms with Crippen LogP contribution in [0.25, 0.3) is 0 Å². The number of fused-ring (bicyclic) bond motifs is 1. The first kappa shape index (κ1) is 19.0. The first-order valence-corrected chi connectivity index (χ1v) is 11.4. The average molecular weight is 369 g/mol. The van der Waals surface area contributed by atoms with Gasteiger partial charge in [0.05, 0.1) is 5.92 Å². The highest BCUT2D eigenvalue weighted by molar-refractivity contribution is 6.02. The number of nitrogens with one attached hydrogen (secondary N) is 1. The topological polar surface area (TPSA) is 32.3 Å². The summed E-state index contributed by atoms with van der Waals surface area (Å²) in [4.78, 5) is 14.8. The minimum atomic E-state index is 0.0553. The molecule has 0 radical (unpaired) electrons. The fourth-order valence-electron chi connectivity index (χ4n) is 5.54. The zero-order valence-corrected chi connectivity index (χ0v) is 17.0. The second kappa shape index (κ2) is 8.77. The highest BCUT2D eigenvalue weighted by Gasteiger charge is 2.30. The summed E-state index contributed by atoms with van der Waals surface area (Å²) in [7, 11) is 0. The lowest BCUT2D eigenvalue weighted by atomic mass is 9.86. The van der Waals surface area contributed by atoms with E-state index < -0.39 is 0 Å². The lowest BCUT2D eigenvalue weighted by Gasteiger charge is -2.35. The van der Waals surface area contributed by atoms with Crippen LogP contribution in [0, 0.1) is 5.92 Å². The Morgan fingerprint density at radius 2 is 1.70 bits per heavy atom. The van der Waals surface area contributed by atoms with E-state index in [-0.39, 0.29) is 11.8 Å². The number of piperidine rings is 1. The standard InChI is InChI=1S/C24H36N2O/c1-2-21-22-11-10-20(16-23(22)25-24(21)27)19-12-14-26(15-13-19)17-18-8-6-4-3-5-7-9-18/h10-11,16,18-19,21H,2-9,12-15,17H2,1H3,(H,25,27). The van der Waals surface area contributed by atoms with Gasteiger partial charge in [0, 0.05) is 12.2 Å². The molecule has 1 aliphatic carbocycles. The van der Waals surface area contributed by atoms with Crippen LogP contribution in [0.5, 0.6) is 0 Å². The predicted molar refractivity (Wildman–Crippen MR) is 112 cm³/mol. The first-order chi connectivity index (χ1) is 13.2. The number of anilines is 1. The molecule has 4 rings (SSSR count). The summed E-state index contributed by atoms with van der Waals surface area (Å²) < 4.78 is 0. The molecule has 2 fully saturated rings. The number of hydrogen-bond acceptors (Lipinski definition) is 2. The summed E-state index contributed by atoms with van der Waals surface area (Å²) in [5, 5.41) is 3.10. The van der Waals surface area contributed by atoms with Gasteiger partial charge in [0.15, 0.2) is 0 Å². The van der Waals surface area contributed by atoms with Crippen molar-refractivity contribution in [1.29, 1.82) is 0 Å². The lowest BCUT2D eigenvalue weighted by molar-refractivity contribution is -0.117. The molecule has 0 bridgehead atoms. The van der Waals surface area contributed by atoms with Gasteiger partial charge in [0.1, 0.15) is 0 Å². The van der Waals surface area contributed by atoms with Gasteiger partial charge in [-0.1, -0.05) is 51.2 Å². The molecule has 3 aliphatic rings. The maximum Gasteiger partial charge on any atom is 0.231 e. The van der Waals surface area contributed by atoms with Gasteiger partial charge in [-0.2, -0.15) is 0 Å². The van der Waals surface area contributed by atoms with Gasteiger partial charge in [-0.05, 0) is 74.2 Å². The maximum absolute atomic E-state index is 12.1. The molecule has 1 aromatic rings. The third-order valence-electron chi connectivity index (χ3n) is 7.24. The second-order valence-electron chi connectivity index (χ2n) is 9.08. The van der Waals surface area contributed by atoms with E-state index in [0.29, 0.717) is 5.92 Å². The van der Waals surface area contributed by atoms with Crippen molar-refractivity contribution in [3.8, 4) is 0 Å². The molecule has 0 aromatic heterocycles. The van der Waals surface area contributed by atoms with Crippen molar-refractivity contribution >= 4 is 11.6 Å². The lowest BCUT2D eigenvalue weighted by Crippen LogP contribution is -2.36. The van der Waals surface area contributed by atoms with Gasteiger partial charge in [0.2, 0.25) is 5.91 Å². The van der Waals surface area contributed by atoms with Crippen LogP contribution in [-0.4, -0.2) is 30.4 Å². The van der Waals surface area contributed by atoms with E-state index in [1.807, 2.05) is 0 Å². The molecule has 3 heteroatoms. The van der Waals surface area contributed by atoms with E-state index in [4.69, 9.17) is 0 Å². The van der Waals surface area contributed by atoms with Crippen LogP contribution < -0.4 is 5.32 Å². The molecular weight excluding hydrogens is 332 g/mol. The molecular formula is C24H36N2O. The molecule has 1 saturated heterocycles. The van der Waals surface area contributed by atoms with Crippen LogP contribution in [0.2, 0.25) is 0 Å². The Hall–Kier alpha value is -1.35. The normalized spacial score (nSPS) is 25.7. The van der Waals surface area contributed by atoms with Gasteiger partial charge in [-0.3, -0.25) is 4.79 Å². The van der Waals surface area contributed by atoms with Crippen molar-refractivity contribution in [2.45, 2.75) is 83.0 Å². The summed E-state index contributed by atoms with van der Waals surface area (Å²) in [5.41, 5.74) is 3.70. The van der Waals surface area contributed by atoms with E-state index in [0.717, 1.165) is 18.0 Å². The number of amides is 1. The van der Waals surface area contributed by atoms with Gasteiger partial charge < -0.3 is 10.2 Å². The molecule has 2 aliphatic heterocycles. The number of rotatable bonds is 4. The number of likely N-dealkylation sites (tertiary alicyclic amines) is 1. The Morgan fingerprint density at radius 3 is 2.41 bits per heavy atom. The maximum atomic E-state index is 12.1. The molecule has 2 heterocycles. The summed E-state index contributed by atoms with van der Waals surface area (Å²) in [6.07, 6.45) is 13.6. The zero-order chi connectivity index (χ0) is 18.6. The monoisotopic (exact) mass is 368 g/mol. The quantitative estimate of drug-likeness (QED) is 0.742. The summed E-state index contributed by atoms with van der Waals surface area (Å²) in [5.74, 6) is 1.82. The molecule has 1 saturated carbocycles. The molecule has 1 atom stereocenters. The third-order valence-corrected chi connectivity index (χ3v) is 7.24. The first-order valence-electron chi connectivity index (χ1n) is 11.4. The van der Waals surface area contributed by atoms with Gasteiger partial charge in [-0.15, -0.1) is 0 Å². The molecule has 148 valence electrons. The number of benzene rings is 1. The smallest absolute Gasteiger partial charge is 0.231 e. The van der Waals surface area contributed by atoms with E-state index in [1.54, 1.807) is 0 Å². The van der Waals surface area contributed by atoms with Crippen molar-refractivity contribution in [3.05, 3.63) is 29.3 Å². The Morgan fingerprint density at radius 1 is 1.00 bits per heavy atom. The minimum absolute atomic E-state index is 0.0553. The SMILES string of the molecule is CCC1C(=O)Nc2cc(C3CCN(CC4CCCCCCC4)CC3)ccc21. The fraction of sp³-hybridized carbons (Fsp3) is 0.708. The Balaban J connectivity index is 1.32. The van der Waals surface area contributed by atoms with Crippen LogP contribution in [0.3, 0.4) is 0 Å². The van der Waals surface area contributed by atoms with Crippen LogP contribution in [0.15, 0.2) is 18.2 Å². The van der Waals surface area contributed by atoms with E-state index >= 15 is 0 Å². The highest BCUT2D eigenvalue weighted by atomic mass is 16.2. The Kier molecular flexibility index (Phi) is 6.17. The molecule has 1 N–H and O–H groups in total. The largest absolute Gasteiger partial charge is 0.325 e. The van der Waals surface area contributed by atoms with E-state index in [9.17, 15) is 4.79 Å². The van der Waals surface area contributed by atoms with Crippen molar-refractivity contribution in [1.82, 2.24) is 4.90 Å². The van der Waals surface area contributed by atoms with Crippen molar-refractivity contribution in [2.75, 3.05) is 25.0 Å². The van der Waals surface area contributed by atoms with Crippen LogP contribution >= 0.6 is 0 Å². The molecule has 0 spiro atoms. The van der Waals surface area contributed by atoms with Crippen molar-refractivity contribution in [3.63, 3.8) is 0 Å². The summed E-state index contributed by atoms with van der Waals surface area (Å²) >= 11 is 0. The van der Waals surface area contributed by atoms with Crippen LogP contribution in [-0.2, 0) is 4.79 Å². The van der Waals surface area contributed by atoms with Crippen molar-refractivity contribution < 1.29 is 4.79 Å². The number of carbonyl (C=O) groups excluding carboxylic acids is 1. The van der Waals surface area contributed by atoms with Gasteiger partial charge in [-0.25, -0.2) is 0 Å². The summed E-state index contributed by atoms with van der Waals surface area (Å²) in [6, 6.07) is 6.76. The molecule has 1 aromatic carbocycles. The van der Waals surface area contributed by atoms with Gasteiger partial charge in [0.25, 0.3) is 0 Å². The fourth-order valence-corrected chi connectivity index (χ4v) is 5.54. The third kappa shape index (κ3) is 4.39. The molecule has 3 nitrogen and oxygen atoms in total. The van der Waals surface area contributed by atoms with Crippen molar-refractivity contribution in [2.24, 2.45) is 5.92 Å². The highest BCUT2D eigenvalue weighted by Crippen LogP contribution is 2.38. The number of nitrogens with zero attached hydrogens (tertiary/aromatic N) is 1. The second-order valence-corrected chi connectivity index (χ2v) is 9.08.